The van der Waals surface area contributed by atoms with Crippen LogP contribution in [0.5, 0.6) is 0 Å². The molecule has 2 heteroatoms. The predicted octanol–water partition coefficient (Wildman–Crippen LogP) is 4.35. The molecule has 0 amide bonds. The number of halogens is 1. The molecule has 0 aromatic heterocycles. The summed E-state index contributed by atoms with van der Waals surface area (Å²) >= 11 is 2.59. The molecule has 1 rings (SSSR count). The Bertz CT molecular complexity index is 153. The SMILES string of the molecule is CCCCCCCC[N+]1(CI)CCCC1. The third-order valence-corrected chi connectivity index (χ3v) is 5.20. The summed E-state index contributed by atoms with van der Waals surface area (Å²) in [5.74, 6) is 0. The van der Waals surface area contributed by atoms with E-state index in [1.165, 1.54) is 80.0 Å². The van der Waals surface area contributed by atoms with E-state index in [0.29, 0.717) is 0 Å². The average Bonchev–Trinajstić information content (AvgIpc) is 2.73. The minimum Gasteiger partial charge on any atom is -0.316 e. The lowest BCUT2D eigenvalue weighted by Gasteiger charge is -2.32. The van der Waals surface area contributed by atoms with Gasteiger partial charge in [-0.25, -0.2) is 0 Å². The van der Waals surface area contributed by atoms with Crippen molar-refractivity contribution in [1.82, 2.24) is 0 Å². The van der Waals surface area contributed by atoms with Gasteiger partial charge in [0.15, 0.2) is 0 Å². The number of alkyl halides is 1. The zero-order valence-corrected chi connectivity index (χ0v) is 12.5. The van der Waals surface area contributed by atoms with Gasteiger partial charge in [0.25, 0.3) is 0 Å². The third-order valence-electron chi connectivity index (χ3n) is 3.75. The van der Waals surface area contributed by atoms with Gasteiger partial charge in [-0.15, -0.1) is 0 Å². The fourth-order valence-electron chi connectivity index (χ4n) is 2.64. The summed E-state index contributed by atoms with van der Waals surface area (Å²) in [6.07, 6.45) is 11.6. The molecule has 0 saturated carbocycles. The summed E-state index contributed by atoms with van der Waals surface area (Å²) in [7, 11) is 0. The van der Waals surface area contributed by atoms with Crippen LogP contribution in [-0.2, 0) is 0 Å². The molecule has 0 radical (unpaired) electrons. The molecule has 1 heterocycles. The number of nitrogens with zero attached hydrogens (tertiary/aromatic N) is 1. The fourth-order valence-corrected chi connectivity index (χ4v) is 3.66. The standard InChI is InChI=1S/C13H27IN/c1-2-3-4-5-6-7-10-15(13-14)11-8-9-12-15/h2-13H2,1H3/q+1. The van der Waals surface area contributed by atoms with Gasteiger partial charge in [-0.3, -0.25) is 0 Å². The average molecular weight is 324 g/mol. The topological polar surface area (TPSA) is 0 Å². The predicted molar refractivity (Wildman–Crippen MR) is 76.4 cm³/mol. The Balaban J connectivity index is 2.02. The van der Waals surface area contributed by atoms with E-state index >= 15 is 0 Å². The molecule has 0 aromatic carbocycles. The zero-order valence-electron chi connectivity index (χ0n) is 10.3. The molecule has 1 saturated heterocycles. The van der Waals surface area contributed by atoms with E-state index in [2.05, 4.69) is 29.5 Å². The van der Waals surface area contributed by atoms with Crippen molar-refractivity contribution >= 4 is 22.6 Å². The van der Waals surface area contributed by atoms with Gasteiger partial charge in [0.2, 0.25) is 0 Å². The minimum absolute atomic E-state index is 1.34. The van der Waals surface area contributed by atoms with Crippen LogP contribution >= 0.6 is 22.6 Å². The van der Waals surface area contributed by atoms with Crippen LogP contribution in [0.15, 0.2) is 0 Å². The van der Waals surface area contributed by atoms with Crippen LogP contribution in [0.2, 0.25) is 0 Å². The summed E-state index contributed by atoms with van der Waals surface area (Å²) in [4.78, 5) is 0. The normalized spacial score (nSPS) is 19.6. The molecule has 0 atom stereocenters. The van der Waals surface area contributed by atoms with Gasteiger partial charge in [-0.2, -0.15) is 0 Å². The molecule has 0 aromatic rings. The Morgan fingerprint density at radius 1 is 0.933 bits per heavy atom. The van der Waals surface area contributed by atoms with Crippen molar-refractivity contribution in [3.05, 3.63) is 0 Å². The van der Waals surface area contributed by atoms with Crippen molar-refractivity contribution in [1.29, 1.82) is 0 Å². The molecule has 0 N–H and O–H groups in total. The molecule has 1 aliphatic rings. The number of hydrogen-bond donors (Lipinski definition) is 0. The van der Waals surface area contributed by atoms with E-state index in [1.54, 1.807) is 0 Å². The second-order valence-corrected chi connectivity index (χ2v) is 5.79. The van der Waals surface area contributed by atoms with Crippen molar-refractivity contribution in [3.63, 3.8) is 0 Å². The van der Waals surface area contributed by atoms with Crippen LogP contribution in [0.25, 0.3) is 0 Å². The van der Waals surface area contributed by atoms with Gasteiger partial charge in [0.1, 0.15) is 4.55 Å². The van der Waals surface area contributed by atoms with Gasteiger partial charge in [0.05, 0.1) is 19.6 Å². The molecular formula is C13H27IN+. The number of hydrogen-bond acceptors (Lipinski definition) is 0. The molecule has 0 unspecified atom stereocenters. The largest absolute Gasteiger partial charge is 0.316 e. The lowest BCUT2D eigenvalue weighted by molar-refractivity contribution is -0.901. The van der Waals surface area contributed by atoms with E-state index < -0.39 is 0 Å². The summed E-state index contributed by atoms with van der Waals surface area (Å²) < 4.78 is 2.76. The summed E-state index contributed by atoms with van der Waals surface area (Å²) in [6.45, 7) is 6.66. The van der Waals surface area contributed by atoms with Crippen molar-refractivity contribution in [2.75, 3.05) is 24.2 Å². The maximum atomic E-state index is 2.59. The smallest absolute Gasteiger partial charge is 0.129 e. The monoisotopic (exact) mass is 324 g/mol. The molecule has 1 fully saturated rings. The van der Waals surface area contributed by atoms with Crippen molar-refractivity contribution in [2.24, 2.45) is 0 Å². The molecule has 0 bridgehead atoms. The first-order valence-corrected chi connectivity index (χ1v) is 8.26. The first-order chi connectivity index (χ1) is 7.33. The van der Waals surface area contributed by atoms with Crippen LogP contribution in [0.4, 0.5) is 0 Å². The molecule has 1 nitrogen and oxygen atoms in total. The Hall–Kier alpha value is 0.690. The molecular weight excluding hydrogens is 297 g/mol. The molecule has 1 aliphatic heterocycles. The molecule has 15 heavy (non-hydrogen) atoms. The van der Waals surface area contributed by atoms with Crippen LogP contribution < -0.4 is 0 Å². The number of quaternary nitrogens is 1. The number of likely N-dealkylation sites (tertiary alicyclic amines) is 1. The first kappa shape index (κ1) is 13.8. The summed E-state index contributed by atoms with van der Waals surface area (Å²) in [6, 6.07) is 0. The summed E-state index contributed by atoms with van der Waals surface area (Å²) in [5.41, 5.74) is 0. The molecule has 90 valence electrons. The highest BCUT2D eigenvalue weighted by Gasteiger charge is 2.29. The lowest BCUT2D eigenvalue weighted by Crippen LogP contribution is -2.44. The Kier molecular flexibility index (Phi) is 7.23. The third kappa shape index (κ3) is 5.03. The lowest BCUT2D eigenvalue weighted by atomic mass is 10.1. The Morgan fingerprint density at radius 2 is 1.53 bits per heavy atom. The van der Waals surface area contributed by atoms with Crippen molar-refractivity contribution < 1.29 is 4.48 Å². The number of rotatable bonds is 8. The second-order valence-electron chi connectivity index (χ2n) is 5.11. The first-order valence-electron chi connectivity index (χ1n) is 6.74. The fraction of sp³-hybridized carbons (Fsp3) is 1.00. The second kappa shape index (κ2) is 7.88. The van der Waals surface area contributed by atoms with Gasteiger partial charge < -0.3 is 4.48 Å². The van der Waals surface area contributed by atoms with Crippen molar-refractivity contribution in [2.45, 2.75) is 58.3 Å². The molecule has 0 aliphatic carbocycles. The maximum absolute atomic E-state index is 2.59. The van der Waals surface area contributed by atoms with Crippen LogP contribution in [0.1, 0.15) is 58.3 Å². The quantitative estimate of drug-likeness (QED) is 0.205. The maximum Gasteiger partial charge on any atom is 0.129 e. The van der Waals surface area contributed by atoms with E-state index in [0.717, 1.165) is 0 Å². The van der Waals surface area contributed by atoms with Crippen LogP contribution in [-0.4, -0.2) is 28.7 Å². The van der Waals surface area contributed by atoms with E-state index in [-0.39, 0.29) is 0 Å². The van der Waals surface area contributed by atoms with Crippen molar-refractivity contribution in [3.8, 4) is 0 Å². The highest BCUT2D eigenvalue weighted by molar-refractivity contribution is 14.1. The van der Waals surface area contributed by atoms with Gasteiger partial charge in [-0.05, 0) is 35.4 Å². The Morgan fingerprint density at radius 3 is 2.13 bits per heavy atom. The highest BCUT2D eigenvalue weighted by Crippen LogP contribution is 2.22. The van der Waals surface area contributed by atoms with E-state index in [9.17, 15) is 0 Å². The van der Waals surface area contributed by atoms with E-state index in [1.807, 2.05) is 0 Å². The van der Waals surface area contributed by atoms with E-state index in [4.69, 9.17) is 0 Å². The number of unbranched alkanes of at least 4 members (excludes halogenated alkanes) is 5. The summed E-state index contributed by atoms with van der Waals surface area (Å²) in [5, 5.41) is 0. The van der Waals surface area contributed by atoms with Gasteiger partial charge >= 0.3 is 0 Å². The highest BCUT2D eigenvalue weighted by atomic mass is 127. The van der Waals surface area contributed by atoms with Crippen LogP contribution in [0, 0.1) is 0 Å². The minimum atomic E-state index is 1.34. The Labute approximate surface area is 109 Å². The van der Waals surface area contributed by atoms with Gasteiger partial charge in [0, 0.05) is 12.8 Å². The zero-order chi connectivity index (χ0) is 11.0. The van der Waals surface area contributed by atoms with Gasteiger partial charge in [-0.1, -0.05) is 32.6 Å². The van der Waals surface area contributed by atoms with Crippen LogP contribution in [0.3, 0.4) is 0 Å². The molecule has 0 spiro atoms.